The maximum Gasteiger partial charge on any atom is 0.243 e. The van der Waals surface area contributed by atoms with Crippen LogP contribution < -0.4 is 10.6 Å². The normalized spacial score (nSPS) is 15.6. The molecule has 28 heavy (non-hydrogen) atoms. The Balaban J connectivity index is 1.58. The first-order valence-electron chi connectivity index (χ1n) is 9.35. The van der Waals surface area contributed by atoms with Gasteiger partial charge < -0.3 is 10.6 Å². The summed E-state index contributed by atoms with van der Waals surface area (Å²) in [6.07, 6.45) is 3.89. The Bertz CT molecular complexity index is 909. The lowest BCUT2D eigenvalue weighted by molar-refractivity contribution is -0.114. The lowest BCUT2D eigenvalue weighted by atomic mass is 10.2. The number of hydrogen-bond acceptors (Lipinski definition) is 4. The van der Waals surface area contributed by atoms with Gasteiger partial charge in [-0.25, -0.2) is 12.8 Å². The van der Waals surface area contributed by atoms with E-state index in [2.05, 4.69) is 10.6 Å². The average molecular weight is 405 g/mol. The molecule has 2 aromatic rings. The highest BCUT2D eigenvalue weighted by atomic mass is 32.2. The first kappa shape index (κ1) is 20.3. The van der Waals surface area contributed by atoms with Crippen LogP contribution in [-0.2, 0) is 14.8 Å². The Labute approximate surface area is 164 Å². The van der Waals surface area contributed by atoms with Gasteiger partial charge >= 0.3 is 0 Å². The van der Waals surface area contributed by atoms with E-state index in [9.17, 15) is 17.6 Å². The molecule has 0 aromatic heterocycles. The molecule has 1 aliphatic rings. The van der Waals surface area contributed by atoms with E-state index in [1.807, 2.05) is 0 Å². The molecule has 2 N–H and O–H groups in total. The highest BCUT2D eigenvalue weighted by Crippen LogP contribution is 2.21. The van der Waals surface area contributed by atoms with E-state index >= 15 is 0 Å². The third-order valence-electron chi connectivity index (χ3n) is 4.66. The van der Waals surface area contributed by atoms with Crippen LogP contribution in [0.25, 0.3) is 0 Å². The Morgan fingerprint density at radius 3 is 2.25 bits per heavy atom. The number of anilines is 2. The topological polar surface area (TPSA) is 78.5 Å². The fourth-order valence-electron chi connectivity index (χ4n) is 3.12. The van der Waals surface area contributed by atoms with Crippen molar-refractivity contribution in [2.45, 2.75) is 30.6 Å². The van der Waals surface area contributed by atoms with E-state index in [1.54, 1.807) is 28.6 Å². The predicted molar refractivity (Wildman–Crippen MR) is 107 cm³/mol. The monoisotopic (exact) mass is 405 g/mol. The number of rotatable bonds is 6. The van der Waals surface area contributed by atoms with Gasteiger partial charge in [0.1, 0.15) is 5.82 Å². The molecule has 1 heterocycles. The Kier molecular flexibility index (Phi) is 6.64. The van der Waals surface area contributed by atoms with Crippen LogP contribution >= 0.6 is 0 Å². The molecule has 150 valence electrons. The fourth-order valence-corrected chi connectivity index (χ4v) is 4.63. The minimum absolute atomic E-state index is 0.0629. The molecule has 1 fully saturated rings. The molecule has 0 unspecified atom stereocenters. The Morgan fingerprint density at radius 1 is 0.964 bits per heavy atom. The molecular formula is C20H24FN3O3S. The molecule has 1 aliphatic heterocycles. The van der Waals surface area contributed by atoms with Crippen LogP contribution in [0.1, 0.15) is 25.7 Å². The highest BCUT2D eigenvalue weighted by Gasteiger charge is 2.24. The molecular weight excluding hydrogens is 381 g/mol. The van der Waals surface area contributed by atoms with Gasteiger partial charge in [0.25, 0.3) is 0 Å². The van der Waals surface area contributed by atoms with Crippen molar-refractivity contribution in [1.29, 1.82) is 0 Å². The van der Waals surface area contributed by atoms with E-state index in [1.165, 1.54) is 24.3 Å². The Hall–Kier alpha value is -2.45. The molecule has 0 radical (unpaired) electrons. The molecule has 0 spiro atoms. The molecule has 3 rings (SSSR count). The number of nitrogens with zero attached hydrogens (tertiary/aromatic N) is 1. The Morgan fingerprint density at radius 2 is 1.61 bits per heavy atom. The second-order valence-corrected chi connectivity index (χ2v) is 8.66. The molecule has 1 amide bonds. The van der Waals surface area contributed by atoms with Crippen LogP contribution in [0, 0.1) is 5.82 Å². The molecule has 1 saturated heterocycles. The number of carbonyl (C=O) groups excluding carboxylic acids is 1. The summed E-state index contributed by atoms with van der Waals surface area (Å²) in [6, 6.07) is 12.3. The lowest BCUT2D eigenvalue weighted by Crippen LogP contribution is -2.31. The molecule has 0 atom stereocenters. The van der Waals surface area contributed by atoms with E-state index in [0.717, 1.165) is 25.7 Å². The maximum absolute atomic E-state index is 13.6. The molecule has 0 saturated carbocycles. The van der Waals surface area contributed by atoms with Gasteiger partial charge in [-0.2, -0.15) is 4.31 Å². The zero-order chi connectivity index (χ0) is 20.0. The minimum atomic E-state index is -3.49. The zero-order valence-corrected chi connectivity index (χ0v) is 16.3. The third-order valence-corrected chi connectivity index (χ3v) is 6.57. The number of benzene rings is 2. The van der Waals surface area contributed by atoms with Crippen molar-refractivity contribution in [2.75, 3.05) is 30.3 Å². The first-order valence-corrected chi connectivity index (χ1v) is 10.8. The highest BCUT2D eigenvalue weighted by molar-refractivity contribution is 7.89. The molecule has 2 aromatic carbocycles. The summed E-state index contributed by atoms with van der Waals surface area (Å²) >= 11 is 0. The van der Waals surface area contributed by atoms with Crippen molar-refractivity contribution in [2.24, 2.45) is 0 Å². The van der Waals surface area contributed by atoms with Crippen LogP contribution in [0.15, 0.2) is 53.4 Å². The lowest BCUT2D eigenvalue weighted by Gasteiger charge is -2.20. The van der Waals surface area contributed by atoms with Crippen molar-refractivity contribution in [3.63, 3.8) is 0 Å². The van der Waals surface area contributed by atoms with Crippen LogP contribution in [0.3, 0.4) is 0 Å². The second-order valence-electron chi connectivity index (χ2n) is 6.72. The van der Waals surface area contributed by atoms with Crippen LogP contribution in [0.4, 0.5) is 15.8 Å². The first-order chi connectivity index (χ1) is 13.5. The van der Waals surface area contributed by atoms with Crippen LogP contribution in [0.2, 0.25) is 0 Å². The molecule has 8 heteroatoms. The van der Waals surface area contributed by atoms with Crippen molar-refractivity contribution in [3.8, 4) is 0 Å². The summed E-state index contributed by atoms with van der Waals surface area (Å²) in [4.78, 5) is 12.2. The summed E-state index contributed by atoms with van der Waals surface area (Å²) in [5.74, 6) is -0.898. The number of para-hydroxylation sites is 1. The number of sulfonamides is 1. The standard InChI is InChI=1S/C20H24FN3O3S/c21-18-7-3-4-8-19(18)23-20(25)15-22-16-9-11-17(12-10-16)28(26,27)24-13-5-1-2-6-14-24/h3-4,7-12,22H,1-2,5-6,13-15H2,(H,23,25). The van der Waals surface area contributed by atoms with Gasteiger partial charge in [0, 0.05) is 18.8 Å². The average Bonchev–Trinajstić information content (AvgIpc) is 2.99. The van der Waals surface area contributed by atoms with Crippen molar-refractivity contribution < 1.29 is 17.6 Å². The number of nitrogens with one attached hydrogen (secondary N) is 2. The van der Waals surface area contributed by atoms with Crippen LogP contribution in [-0.4, -0.2) is 38.3 Å². The van der Waals surface area contributed by atoms with Gasteiger partial charge in [0.05, 0.1) is 17.1 Å². The molecule has 0 aliphatic carbocycles. The number of amides is 1. The second kappa shape index (κ2) is 9.16. The summed E-state index contributed by atoms with van der Waals surface area (Å²) in [5.41, 5.74) is 0.728. The van der Waals surface area contributed by atoms with E-state index in [4.69, 9.17) is 0 Å². The predicted octanol–water partition coefficient (Wildman–Crippen LogP) is 3.44. The maximum atomic E-state index is 13.6. The summed E-state index contributed by atoms with van der Waals surface area (Å²) in [6.45, 7) is 1.05. The van der Waals surface area contributed by atoms with Gasteiger partial charge in [-0.1, -0.05) is 25.0 Å². The minimum Gasteiger partial charge on any atom is -0.376 e. The van der Waals surface area contributed by atoms with E-state index < -0.39 is 21.7 Å². The largest absolute Gasteiger partial charge is 0.376 e. The summed E-state index contributed by atoms with van der Waals surface area (Å²) in [5, 5.41) is 5.40. The number of carbonyl (C=O) groups is 1. The van der Waals surface area contributed by atoms with Gasteiger partial charge in [-0.3, -0.25) is 4.79 Å². The quantitative estimate of drug-likeness (QED) is 0.772. The zero-order valence-electron chi connectivity index (χ0n) is 15.5. The summed E-state index contributed by atoms with van der Waals surface area (Å²) in [7, 11) is -3.49. The van der Waals surface area contributed by atoms with Gasteiger partial charge in [0.2, 0.25) is 15.9 Å². The number of halogens is 1. The molecule has 6 nitrogen and oxygen atoms in total. The van der Waals surface area contributed by atoms with Crippen molar-refractivity contribution in [1.82, 2.24) is 4.31 Å². The third kappa shape index (κ3) is 5.08. The van der Waals surface area contributed by atoms with Gasteiger partial charge in [-0.05, 0) is 49.2 Å². The number of hydrogen-bond donors (Lipinski definition) is 2. The molecule has 0 bridgehead atoms. The van der Waals surface area contributed by atoms with Crippen molar-refractivity contribution >= 4 is 27.3 Å². The fraction of sp³-hybridized carbons (Fsp3) is 0.350. The van der Waals surface area contributed by atoms with Crippen molar-refractivity contribution in [3.05, 3.63) is 54.3 Å². The van der Waals surface area contributed by atoms with Gasteiger partial charge in [-0.15, -0.1) is 0 Å². The van der Waals surface area contributed by atoms with Crippen LogP contribution in [0.5, 0.6) is 0 Å². The van der Waals surface area contributed by atoms with E-state index in [-0.39, 0.29) is 17.1 Å². The SMILES string of the molecule is O=C(CNc1ccc(S(=O)(=O)N2CCCCCC2)cc1)Nc1ccccc1F. The van der Waals surface area contributed by atoms with E-state index in [0.29, 0.717) is 18.8 Å². The van der Waals surface area contributed by atoms with Gasteiger partial charge in [0.15, 0.2) is 0 Å². The smallest absolute Gasteiger partial charge is 0.243 e. The summed E-state index contributed by atoms with van der Waals surface area (Å²) < 4.78 is 40.6.